The second-order valence-electron chi connectivity index (χ2n) is 5.86. The van der Waals surface area contributed by atoms with Crippen molar-refractivity contribution in [3.63, 3.8) is 0 Å². The molecule has 0 radical (unpaired) electrons. The van der Waals surface area contributed by atoms with Crippen molar-refractivity contribution in [2.75, 3.05) is 5.32 Å². The number of anilines is 1. The average molecular weight is 396 g/mol. The summed E-state index contributed by atoms with van der Waals surface area (Å²) in [6.45, 7) is 5.16. The van der Waals surface area contributed by atoms with Crippen molar-refractivity contribution in [3.05, 3.63) is 50.6 Å². The molecule has 1 amide bonds. The van der Waals surface area contributed by atoms with Crippen LogP contribution < -0.4 is 5.32 Å². The van der Waals surface area contributed by atoms with E-state index >= 15 is 0 Å². The first-order valence-corrected chi connectivity index (χ1v) is 8.73. The molecule has 0 bridgehead atoms. The fourth-order valence-electron chi connectivity index (χ4n) is 2.03. The molecule has 1 aromatic heterocycles. The molecule has 0 fully saturated rings. The van der Waals surface area contributed by atoms with Crippen LogP contribution in [0.5, 0.6) is 0 Å². The molecule has 1 atom stereocenters. The lowest BCUT2D eigenvalue weighted by Crippen LogP contribution is -2.28. The molecule has 0 aliphatic carbocycles. The van der Waals surface area contributed by atoms with Crippen molar-refractivity contribution in [1.29, 1.82) is 0 Å². The Morgan fingerprint density at radius 2 is 1.78 bits per heavy atom. The molecular formula is C17H18BrNO3S. The van der Waals surface area contributed by atoms with E-state index in [1.165, 1.54) is 11.3 Å². The van der Waals surface area contributed by atoms with Crippen molar-refractivity contribution < 1.29 is 14.7 Å². The third-order valence-corrected chi connectivity index (χ3v) is 5.63. The minimum Gasteiger partial charge on any atom is -0.481 e. The summed E-state index contributed by atoms with van der Waals surface area (Å²) in [5.74, 6) is -1.22. The summed E-state index contributed by atoms with van der Waals surface area (Å²) in [7, 11) is 0. The molecule has 122 valence electrons. The standard InChI is InChI=1S/C17H18BrNO3S/c1-10(13-8-9-14(18)23-13)15(20)19-12-6-4-11(5-7-12)17(2,3)16(21)22/h4-10H,1-3H3,(H,19,20)(H,21,22). The van der Waals surface area contributed by atoms with Gasteiger partial charge in [-0.1, -0.05) is 12.1 Å². The molecule has 6 heteroatoms. The zero-order chi connectivity index (χ0) is 17.2. The normalized spacial score (nSPS) is 12.7. The van der Waals surface area contributed by atoms with Gasteiger partial charge in [-0.15, -0.1) is 11.3 Å². The predicted molar refractivity (Wildman–Crippen MR) is 96.2 cm³/mol. The maximum absolute atomic E-state index is 12.3. The van der Waals surface area contributed by atoms with Gasteiger partial charge < -0.3 is 10.4 Å². The molecule has 0 aliphatic heterocycles. The van der Waals surface area contributed by atoms with Gasteiger partial charge >= 0.3 is 5.97 Å². The number of hydrogen-bond acceptors (Lipinski definition) is 3. The molecule has 0 spiro atoms. The van der Waals surface area contributed by atoms with Crippen LogP contribution >= 0.6 is 27.3 Å². The number of rotatable bonds is 5. The zero-order valence-corrected chi connectivity index (χ0v) is 15.5. The number of nitrogens with one attached hydrogen (secondary N) is 1. The molecule has 2 rings (SSSR count). The van der Waals surface area contributed by atoms with Crippen molar-refractivity contribution in [2.24, 2.45) is 0 Å². The Morgan fingerprint density at radius 1 is 1.17 bits per heavy atom. The molecule has 1 unspecified atom stereocenters. The van der Waals surface area contributed by atoms with E-state index in [9.17, 15) is 14.7 Å². The van der Waals surface area contributed by atoms with Crippen molar-refractivity contribution >= 4 is 44.8 Å². The number of carbonyl (C=O) groups is 2. The Balaban J connectivity index is 2.09. The van der Waals surface area contributed by atoms with Gasteiger partial charge in [0, 0.05) is 10.6 Å². The third kappa shape index (κ3) is 4.00. The molecule has 0 saturated carbocycles. The maximum Gasteiger partial charge on any atom is 0.313 e. The number of benzene rings is 1. The summed E-state index contributed by atoms with van der Waals surface area (Å²) < 4.78 is 0.993. The van der Waals surface area contributed by atoms with Crippen LogP contribution in [0.15, 0.2) is 40.2 Å². The highest BCUT2D eigenvalue weighted by Crippen LogP contribution is 2.29. The highest BCUT2D eigenvalue weighted by molar-refractivity contribution is 9.11. The Bertz CT molecular complexity index is 722. The van der Waals surface area contributed by atoms with Gasteiger partial charge in [-0.05, 0) is 66.5 Å². The van der Waals surface area contributed by atoms with Gasteiger partial charge in [-0.2, -0.15) is 0 Å². The lowest BCUT2D eigenvalue weighted by Gasteiger charge is -2.20. The maximum atomic E-state index is 12.3. The summed E-state index contributed by atoms with van der Waals surface area (Å²) in [5, 5.41) is 12.1. The number of aliphatic carboxylic acids is 1. The Labute approximate surface area is 147 Å². The number of amides is 1. The average Bonchev–Trinajstić information content (AvgIpc) is 2.93. The van der Waals surface area contributed by atoms with Gasteiger partial charge in [-0.25, -0.2) is 0 Å². The Hall–Kier alpha value is -1.66. The molecule has 4 nitrogen and oxygen atoms in total. The van der Waals surface area contributed by atoms with E-state index in [-0.39, 0.29) is 11.8 Å². The summed E-state index contributed by atoms with van der Waals surface area (Å²) in [4.78, 5) is 24.5. The van der Waals surface area contributed by atoms with Crippen LogP contribution in [-0.4, -0.2) is 17.0 Å². The molecule has 23 heavy (non-hydrogen) atoms. The van der Waals surface area contributed by atoms with Gasteiger partial charge in [0.2, 0.25) is 5.91 Å². The van der Waals surface area contributed by atoms with E-state index in [1.54, 1.807) is 38.1 Å². The first-order valence-electron chi connectivity index (χ1n) is 7.12. The number of thiophene rings is 1. The molecule has 0 aliphatic rings. The third-order valence-electron chi connectivity index (χ3n) is 3.82. The lowest BCUT2D eigenvalue weighted by atomic mass is 9.85. The van der Waals surface area contributed by atoms with Crippen molar-refractivity contribution in [3.8, 4) is 0 Å². The topological polar surface area (TPSA) is 66.4 Å². The van der Waals surface area contributed by atoms with E-state index in [0.29, 0.717) is 11.3 Å². The first-order chi connectivity index (χ1) is 10.7. The smallest absolute Gasteiger partial charge is 0.313 e. The fraction of sp³-hybridized carbons (Fsp3) is 0.294. The monoisotopic (exact) mass is 395 g/mol. The molecule has 0 saturated heterocycles. The van der Waals surface area contributed by atoms with Gasteiger partial charge in [0.15, 0.2) is 0 Å². The van der Waals surface area contributed by atoms with Crippen LogP contribution in [-0.2, 0) is 15.0 Å². The number of hydrogen-bond donors (Lipinski definition) is 2. The van der Waals surface area contributed by atoms with Crippen LogP contribution in [0.1, 0.15) is 37.1 Å². The quantitative estimate of drug-likeness (QED) is 0.776. The van der Waals surface area contributed by atoms with Crippen LogP contribution in [0, 0.1) is 0 Å². The fourth-order valence-corrected chi connectivity index (χ4v) is 3.51. The van der Waals surface area contributed by atoms with Crippen molar-refractivity contribution in [2.45, 2.75) is 32.1 Å². The Kier molecular flexibility index (Phi) is 5.26. The van der Waals surface area contributed by atoms with Gasteiger partial charge in [0.05, 0.1) is 15.1 Å². The number of carbonyl (C=O) groups excluding carboxylic acids is 1. The van der Waals surface area contributed by atoms with E-state index in [4.69, 9.17) is 0 Å². The van der Waals surface area contributed by atoms with Gasteiger partial charge in [-0.3, -0.25) is 9.59 Å². The summed E-state index contributed by atoms with van der Waals surface area (Å²) in [5.41, 5.74) is 0.389. The molecule has 1 heterocycles. The van der Waals surface area contributed by atoms with Crippen LogP contribution in [0.4, 0.5) is 5.69 Å². The van der Waals surface area contributed by atoms with E-state index in [2.05, 4.69) is 21.2 Å². The second kappa shape index (κ2) is 6.84. The minimum atomic E-state index is -0.959. The van der Waals surface area contributed by atoms with E-state index in [1.807, 2.05) is 19.1 Å². The summed E-state index contributed by atoms with van der Waals surface area (Å²) >= 11 is 4.93. The van der Waals surface area contributed by atoms with Crippen LogP contribution in [0.25, 0.3) is 0 Å². The SMILES string of the molecule is CC(C(=O)Nc1ccc(C(C)(C)C(=O)O)cc1)c1ccc(Br)s1. The van der Waals surface area contributed by atoms with Gasteiger partial charge in [0.25, 0.3) is 0 Å². The van der Waals surface area contributed by atoms with Gasteiger partial charge in [0.1, 0.15) is 0 Å². The highest BCUT2D eigenvalue weighted by atomic mass is 79.9. The van der Waals surface area contributed by atoms with Crippen LogP contribution in [0.2, 0.25) is 0 Å². The van der Waals surface area contributed by atoms with E-state index in [0.717, 1.165) is 8.66 Å². The molecular weight excluding hydrogens is 378 g/mol. The number of halogens is 1. The summed E-state index contributed by atoms with van der Waals surface area (Å²) in [6, 6.07) is 10.8. The predicted octanol–water partition coefficient (Wildman–Crippen LogP) is 4.62. The lowest BCUT2D eigenvalue weighted by molar-refractivity contribution is -0.142. The highest BCUT2D eigenvalue weighted by Gasteiger charge is 2.29. The number of carboxylic acids is 1. The largest absolute Gasteiger partial charge is 0.481 e. The second-order valence-corrected chi connectivity index (χ2v) is 8.35. The molecule has 1 aromatic carbocycles. The molecule has 2 aromatic rings. The van der Waals surface area contributed by atoms with E-state index < -0.39 is 11.4 Å². The summed E-state index contributed by atoms with van der Waals surface area (Å²) in [6.07, 6.45) is 0. The molecule has 2 N–H and O–H groups in total. The van der Waals surface area contributed by atoms with Crippen LogP contribution in [0.3, 0.4) is 0 Å². The van der Waals surface area contributed by atoms with Crippen molar-refractivity contribution in [1.82, 2.24) is 0 Å². The minimum absolute atomic E-state index is 0.0930. The number of carboxylic acid groups (broad SMARTS) is 1. The zero-order valence-electron chi connectivity index (χ0n) is 13.1. The Morgan fingerprint density at radius 3 is 2.26 bits per heavy atom. The first kappa shape index (κ1) is 17.7.